The number of amides is 2. The second-order valence-electron chi connectivity index (χ2n) is 10.3. The van der Waals surface area contributed by atoms with E-state index in [0.717, 1.165) is 51.0 Å². The van der Waals surface area contributed by atoms with E-state index in [0.29, 0.717) is 24.7 Å². The molecule has 184 valence electrons. The number of nitrogens with two attached hydrogens (primary N) is 1. The lowest BCUT2D eigenvalue weighted by atomic mass is 9.83. The van der Waals surface area contributed by atoms with Crippen molar-refractivity contribution in [2.75, 3.05) is 19.6 Å². The molecule has 1 aromatic heterocycles. The molecule has 9 heteroatoms. The lowest BCUT2D eigenvalue weighted by Gasteiger charge is -2.45. The average Bonchev–Trinajstić information content (AvgIpc) is 3.33. The summed E-state index contributed by atoms with van der Waals surface area (Å²) in [5, 5.41) is 17.1. The van der Waals surface area contributed by atoms with Crippen LogP contribution in [-0.2, 0) is 16.0 Å². The molecule has 6 N–H and O–H groups in total. The zero-order valence-electron chi connectivity index (χ0n) is 19.5. The van der Waals surface area contributed by atoms with Crippen molar-refractivity contribution < 1.29 is 14.7 Å². The predicted octanol–water partition coefficient (Wildman–Crippen LogP) is 0.696. The molecular weight excluding hydrogens is 420 g/mol. The van der Waals surface area contributed by atoms with Crippen LogP contribution in [-0.4, -0.2) is 75.7 Å². The number of aromatic amines is 1. The lowest BCUT2D eigenvalue weighted by Crippen LogP contribution is -2.58. The van der Waals surface area contributed by atoms with Gasteiger partial charge in [-0.15, -0.1) is 0 Å². The monoisotopic (exact) mass is 460 g/mol. The van der Waals surface area contributed by atoms with E-state index >= 15 is 0 Å². The van der Waals surface area contributed by atoms with Gasteiger partial charge in [0.15, 0.2) is 0 Å². The minimum Gasteiger partial charge on any atom is -0.390 e. The van der Waals surface area contributed by atoms with E-state index in [1.165, 1.54) is 19.3 Å². The summed E-state index contributed by atoms with van der Waals surface area (Å²) in [6.07, 6.45) is 11.4. The first kappa shape index (κ1) is 24.2. The maximum atomic E-state index is 12.8. The number of nitrogens with one attached hydrogen (secondary N) is 3. The van der Waals surface area contributed by atoms with Crippen LogP contribution in [0.4, 0.5) is 0 Å². The Morgan fingerprint density at radius 1 is 1.21 bits per heavy atom. The highest BCUT2D eigenvalue weighted by molar-refractivity contribution is 5.82. The molecule has 1 aromatic rings. The molecule has 4 fully saturated rings. The molecule has 1 aliphatic carbocycles. The van der Waals surface area contributed by atoms with Crippen LogP contribution in [0.2, 0.25) is 0 Å². The van der Waals surface area contributed by atoms with E-state index < -0.39 is 18.2 Å². The van der Waals surface area contributed by atoms with Gasteiger partial charge in [0.1, 0.15) is 0 Å². The second-order valence-corrected chi connectivity index (χ2v) is 10.3. The van der Waals surface area contributed by atoms with Gasteiger partial charge in [-0.25, -0.2) is 4.98 Å². The number of piperidine rings is 3. The Bertz CT molecular complexity index is 758. The standard InChI is InChI=1S/C24H40N6O3/c25-19(11-18-13-26-15-27-18)24(33)29-20(10-16-4-2-1-3-5-16)22(31)12-23(32)28-21-14-30-8-6-17(21)7-9-30/h13,15-17,19-22,31H,1-12,14,25H2,(H,26,27)(H,28,32)(H,29,33)/t19-,20-,21?,22+/m0/s1. The first-order valence-electron chi connectivity index (χ1n) is 12.7. The number of nitrogens with zero attached hydrogens (tertiary/aromatic N) is 2. The van der Waals surface area contributed by atoms with Crippen LogP contribution < -0.4 is 16.4 Å². The summed E-state index contributed by atoms with van der Waals surface area (Å²) in [6, 6.07) is -1.07. The van der Waals surface area contributed by atoms with Crippen molar-refractivity contribution in [2.45, 2.75) is 88.4 Å². The highest BCUT2D eigenvalue weighted by Crippen LogP contribution is 2.29. The van der Waals surface area contributed by atoms with Crippen LogP contribution in [0.1, 0.15) is 63.5 Å². The van der Waals surface area contributed by atoms with Crippen molar-refractivity contribution >= 4 is 11.8 Å². The summed E-state index contributed by atoms with van der Waals surface area (Å²) in [6.45, 7) is 3.14. The highest BCUT2D eigenvalue weighted by atomic mass is 16.3. The minimum absolute atomic E-state index is 0.00447. The van der Waals surface area contributed by atoms with Gasteiger partial charge in [0.05, 0.1) is 36.6 Å². The Labute approximate surface area is 196 Å². The summed E-state index contributed by atoms with van der Waals surface area (Å²) in [5.74, 6) is 0.542. The summed E-state index contributed by atoms with van der Waals surface area (Å²) >= 11 is 0. The van der Waals surface area contributed by atoms with Crippen molar-refractivity contribution in [3.63, 3.8) is 0 Å². The van der Waals surface area contributed by atoms with Gasteiger partial charge < -0.3 is 31.4 Å². The van der Waals surface area contributed by atoms with Crippen LogP contribution in [0, 0.1) is 11.8 Å². The predicted molar refractivity (Wildman–Crippen MR) is 125 cm³/mol. The van der Waals surface area contributed by atoms with Gasteiger partial charge in [0.2, 0.25) is 11.8 Å². The SMILES string of the molecule is N[C@@H](Cc1c[nH]cn1)C(=O)N[C@@H](CC1CCCCC1)[C@H](O)CC(=O)NC1CN2CCC1CC2. The van der Waals surface area contributed by atoms with Gasteiger partial charge in [0.25, 0.3) is 0 Å². The smallest absolute Gasteiger partial charge is 0.237 e. The maximum absolute atomic E-state index is 12.8. The second kappa shape index (κ2) is 11.4. The van der Waals surface area contributed by atoms with Crippen molar-refractivity contribution in [3.8, 4) is 0 Å². The van der Waals surface area contributed by atoms with Crippen LogP contribution in [0.5, 0.6) is 0 Å². The Morgan fingerprint density at radius 2 is 1.97 bits per heavy atom. The zero-order valence-corrected chi connectivity index (χ0v) is 19.5. The maximum Gasteiger partial charge on any atom is 0.237 e. The van der Waals surface area contributed by atoms with Crippen molar-refractivity contribution in [1.29, 1.82) is 0 Å². The molecule has 4 aliphatic rings. The number of hydrogen-bond acceptors (Lipinski definition) is 6. The molecule has 2 amide bonds. The molecule has 4 heterocycles. The molecule has 3 aliphatic heterocycles. The van der Waals surface area contributed by atoms with Gasteiger partial charge in [-0.2, -0.15) is 0 Å². The third kappa shape index (κ3) is 6.77. The fourth-order valence-electron chi connectivity index (χ4n) is 5.83. The molecule has 4 atom stereocenters. The molecule has 3 saturated heterocycles. The van der Waals surface area contributed by atoms with E-state index in [1.54, 1.807) is 12.5 Å². The average molecular weight is 461 g/mol. The molecule has 2 bridgehead atoms. The molecule has 33 heavy (non-hydrogen) atoms. The zero-order chi connectivity index (χ0) is 23.2. The highest BCUT2D eigenvalue weighted by Gasteiger charge is 2.36. The molecular formula is C24H40N6O3. The van der Waals surface area contributed by atoms with Crippen LogP contribution in [0.3, 0.4) is 0 Å². The third-order valence-corrected chi connectivity index (χ3v) is 7.82. The summed E-state index contributed by atoms with van der Waals surface area (Å²) in [5.41, 5.74) is 6.84. The van der Waals surface area contributed by atoms with Gasteiger partial charge in [-0.1, -0.05) is 32.1 Å². The Kier molecular flexibility index (Phi) is 8.38. The first-order valence-corrected chi connectivity index (χ1v) is 12.7. The molecule has 1 saturated carbocycles. The van der Waals surface area contributed by atoms with Gasteiger partial charge in [-0.3, -0.25) is 9.59 Å². The largest absolute Gasteiger partial charge is 0.390 e. The van der Waals surface area contributed by atoms with E-state index in [2.05, 4.69) is 25.5 Å². The molecule has 9 nitrogen and oxygen atoms in total. The van der Waals surface area contributed by atoms with Gasteiger partial charge in [-0.05, 0) is 44.2 Å². The van der Waals surface area contributed by atoms with Crippen molar-refractivity contribution in [1.82, 2.24) is 25.5 Å². The molecule has 0 radical (unpaired) electrons. The normalized spacial score (nSPS) is 28.1. The van der Waals surface area contributed by atoms with Crippen molar-refractivity contribution in [2.24, 2.45) is 17.6 Å². The minimum atomic E-state index is -0.936. The molecule has 1 unspecified atom stereocenters. The molecule has 0 spiro atoms. The summed E-state index contributed by atoms with van der Waals surface area (Å²) in [7, 11) is 0. The molecule has 5 rings (SSSR count). The van der Waals surface area contributed by atoms with Gasteiger partial charge in [0, 0.05) is 25.2 Å². The van der Waals surface area contributed by atoms with E-state index in [1.807, 2.05) is 0 Å². The van der Waals surface area contributed by atoms with Crippen molar-refractivity contribution in [3.05, 3.63) is 18.2 Å². The Balaban J connectivity index is 1.33. The number of imidazole rings is 1. The van der Waals surface area contributed by atoms with Gasteiger partial charge >= 0.3 is 0 Å². The number of carbonyl (C=O) groups is 2. The number of rotatable bonds is 10. The number of aromatic nitrogens is 2. The number of aliphatic hydroxyl groups excluding tert-OH is 1. The molecule has 0 aromatic carbocycles. The first-order chi connectivity index (χ1) is 16.0. The fourth-order valence-corrected chi connectivity index (χ4v) is 5.83. The number of carbonyl (C=O) groups excluding carboxylic acids is 2. The van der Waals surface area contributed by atoms with Crippen LogP contribution >= 0.6 is 0 Å². The van der Waals surface area contributed by atoms with E-state index in [9.17, 15) is 14.7 Å². The lowest BCUT2D eigenvalue weighted by molar-refractivity contribution is -0.128. The Morgan fingerprint density at radius 3 is 2.61 bits per heavy atom. The van der Waals surface area contributed by atoms with E-state index in [-0.39, 0.29) is 24.3 Å². The number of H-pyrrole nitrogens is 1. The number of hydrogen-bond donors (Lipinski definition) is 5. The number of fused-ring (bicyclic) bond motifs is 3. The van der Waals surface area contributed by atoms with E-state index in [4.69, 9.17) is 5.73 Å². The third-order valence-electron chi connectivity index (χ3n) is 7.82. The van der Waals surface area contributed by atoms with Crippen LogP contribution in [0.25, 0.3) is 0 Å². The summed E-state index contributed by atoms with van der Waals surface area (Å²) < 4.78 is 0. The number of aliphatic hydroxyl groups is 1. The summed E-state index contributed by atoms with van der Waals surface area (Å²) in [4.78, 5) is 35.0. The quantitative estimate of drug-likeness (QED) is 0.349. The topological polar surface area (TPSA) is 136 Å². The Hall–Kier alpha value is -1.97. The fraction of sp³-hybridized carbons (Fsp3) is 0.792. The van der Waals surface area contributed by atoms with Crippen LogP contribution in [0.15, 0.2) is 12.5 Å².